The van der Waals surface area contributed by atoms with Crippen molar-refractivity contribution in [2.75, 3.05) is 7.11 Å². The fraction of sp³-hybridized carbons (Fsp3) is 1.00. The van der Waals surface area contributed by atoms with Crippen LogP contribution in [-0.2, 0) is 4.74 Å². The molecule has 2 saturated carbocycles. The van der Waals surface area contributed by atoms with Crippen LogP contribution in [0.3, 0.4) is 0 Å². The standard InChI is InChI=1S/C12H22O2/c1-14-12(11(13)9-7-8-9)10-5-3-2-4-6-10/h9-13H,2-8H2,1H3. The van der Waals surface area contributed by atoms with E-state index in [-0.39, 0.29) is 12.2 Å². The lowest BCUT2D eigenvalue weighted by molar-refractivity contribution is -0.0628. The van der Waals surface area contributed by atoms with Gasteiger partial charge in [-0.3, -0.25) is 0 Å². The Balaban J connectivity index is 1.89. The van der Waals surface area contributed by atoms with Gasteiger partial charge in [-0.25, -0.2) is 0 Å². The Bertz CT molecular complexity index is 171. The van der Waals surface area contributed by atoms with Crippen molar-refractivity contribution in [3.05, 3.63) is 0 Å². The molecule has 0 heterocycles. The molecule has 14 heavy (non-hydrogen) atoms. The van der Waals surface area contributed by atoms with Crippen molar-refractivity contribution in [2.24, 2.45) is 11.8 Å². The van der Waals surface area contributed by atoms with E-state index in [1.54, 1.807) is 7.11 Å². The lowest BCUT2D eigenvalue weighted by Gasteiger charge is -2.32. The van der Waals surface area contributed by atoms with Gasteiger partial charge in [0.2, 0.25) is 0 Å². The number of rotatable bonds is 4. The molecule has 2 rings (SSSR count). The highest BCUT2D eigenvalue weighted by Crippen LogP contribution is 2.39. The summed E-state index contributed by atoms with van der Waals surface area (Å²) in [6.07, 6.45) is 8.84. The van der Waals surface area contributed by atoms with Crippen LogP contribution in [0.25, 0.3) is 0 Å². The first-order valence-electron chi connectivity index (χ1n) is 6.04. The maximum atomic E-state index is 10.1. The van der Waals surface area contributed by atoms with E-state index in [4.69, 9.17) is 4.74 Å². The second kappa shape index (κ2) is 4.63. The maximum absolute atomic E-state index is 10.1. The van der Waals surface area contributed by atoms with Gasteiger partial charge in [-0.1, -0.05) is 19.3 Å². The molecule has 1 N–H and O–H groups in total. The molecule has 2 aliphatic rings. The largest absolute Gasteiger partial charge is 0.390 e. The van der Waals surface area contributed by atoms with Crippen molar-refractivity contribution >= 4 is 0 Å². The number of aliphatic hydroxyl groups excluding tert-OH is 1. The SMILES string of the molecule is COC(C1CCCCC1)C(O)C1CC1. The maximum Gasteiger partial charge on any atom is 0.0860 e. The molecule has 0 spiro atoms. The van der Waals surface area contributed by atoms with Gasteiger partial charge in [0.15, 0.2) is 0 Å². The molecule has 0 aromatic heterocycles. The van der Waals surface area contributed by atoms with Gasteiger partial charge in [0.25, 0.3) is 0 Å². The first-order chi connectivity index (χ1) is 6.83. The molecule has 0 aliphatic heterocycles. The summed E-state index contributed by atoms with van der Waals surface area (Å²) in [5, 5.41) is 10.1. The van der Waals surface area contributed by atoms with Gasteiger partial charge in [-0.2, -0.15) is 0 Å². The van der Waals surface area contributed by atoms with Crippen LogP contribution in [0.1, 0.15) is 44.9 Å². The fourth-order valence-corrected chi connectivity index (χ4v) is 2.78. The highest BCUT2D eigenvalue weighted by Gasteiger charge is 2.39. The lowest BCUT2D eigenvalue weighted by Crippen LogP contribution is -2.37. The Morgan fingerprint density at radius 1 is 1.00 bits per heavy atom. The molecule has 2 nitrogen and oxygen atoms in total. The van der Waals surface area contributed by atoms with Gasteiger partial charge in [-0.05, 0) is 37.5 Å². The number of hydrogen-bond acceptors (Lipinski definition) is 2. The van der Waals surface area contributed by atoms with Gasteiger partial charge in [0, 0.05) is 7.11 Å². The van der Waals surface area contributed by atoms with Crippen molar-refractivity contribution in [1.82, 2.24) is 0 Å². The molecule has 0 saturated heterocycles. The van der Waals surface area contributed by atoms with E-state index in [0.29, 0.717) is 11.8 Å². The van der Waals surface area contributed by atoms with E-state index in [0.717, 1.165) is 0 Å². The fourth-order valence-electron chi connectivity index (χ4n) is 2.78. The third kappa shape index (κ3) is 2.29. The van der Waals surface area contributed by atoms with Crippen molar-refractivity contribution in [3.63, 3.8) is 0 Å². The first-order valence-corrected chi connectivity index (χ1v) is 6.04. The molecule has 82 valence electrons. The quantitative estimate of drug-likeness (QED) is 0.751. The molecule has 0 bridgehead atoms. The topological polar surface area (TPSA) is 29.5 Å². The first kappa shape index (κ1) is 10.4. The predicted molar refractivity (Wildman–Crippen MR) is 56.1 cm³/mol. The van der Waals surface area contributed by atoms with Gasteiger partial charge < -0.3 is 9.84 Å². The molecular weight excluding hydrogens is 176 g/mol. The number of ether oxygens (including phenoxy) is 1. The van der Waals surface area contributed by atoms with Crippen LogP contribution in [0.2, 0.25) is 0 Å². The molecule has 0 amide bonds. The highest BCUT2D eigenvalue weighted by molar-refractivity contribution is 4.89. The Labute approximate surface area is 86.6 Å². The highest BCUT2D eigenvalue weighted by atomic mass is 16.5. The van der Waals surface area contributed by atoms with E-state index in [2.05, 4.69) is 0 Å². The monoisotopic (exact) mass is 198 g/mol. The van der Waals surface area contributed by atoms with Gasteiger partial charge in [-0.15, -0.1) is 0 Å². The zero-order valence-corrected chi connectivity index (χ0v) is 9.11. The second-order valence-electron chi connectivity index (χ2n) is 4.93. The molecule has 2 heteroatoms. The zero-order valence-electron chi connectivity index (χ0n) is 9.11. The van der Waals surface area contributed by atoms with E-state index in [9.17, 15) is 5.11 Å². The van der Waals surface area contributed by atoms with Crippen LogP contribution in [0, 0.1) is 11.8 Å². The molecule has 2 fully saturated rings. The van der Waals surface area contributed by atoms with E-state index in [1.807, 2.05) is 0 Å². The molecule has 0 radical (unpaired) electrons. The summed E-state index contributed by atoms with van der Waals surface area (Å²) in [6, 6.07) is 0. The van der Waals surface area contributed by atoms with Gasteiger partial charge in [0.1, 0.15) is 0 Å². The van der Waals surface area contributed by atoms with Crippen LogP contribution in [-0.4, -0.2) is 24.4 Å². The second-order valence-corrected chi connectivity index (χ2v) is 4.93. The van der Waals surface area contributed by atoms with Crippen molar-refractivity contribution in [3.8, 4) is 0 Å². The molecule has 0 aromatic rings. The summed E-state index contributed by atoms with van der Waals surface area (Å²) in [5.41, 5.74) is 0. The molecular formula is C12H22O2. The number of methoxy groups -OCH3 is 1. The Kier molecular flexibility index (Phi) is 3.45. The summed E-state index contributed by atoms with van der Waals surface area (Å²) in [6.45, 7) is 0. The molecule has 2 unspecified atom stereocenters. The predicted octanol–water partition coefficient (Wildman–Crippen LogP) is 2.35. The summed E-state index contributed by atoms with van der Waals surface area (Å²) >= 11 is 0. The zero-order chi connectivity index (χ0) is 9.97. The molecule has 2 aliphatic carbocycles. The van der Waals surface area contributed by atoms with E-state index in [1.165, 1.54) is 44.9 Å². The minimum Gasteiger partial charge on any atom is -0.390 e. The third-order valence-corrected chi connectivity index (χ3v) is 3.83. The minimum atomic E-state index is -0.192. The minimum absolute atomic E-state index is 0.114. The third-order valence-electron chi connectivity index (χ3n) is 3.83. The number of aliphatic hydroxyl groups is 1. The van der Waals surface area contributed by atoms with Gasteiger partial charge >= 0.3 is 0 Å². The van der Waals surface area contributed by atoms with Crippen LogP contribution >= 0.6 is 0 Å². The lowest BCUT2D eigenvalue weighted by atomic mass is 9.82. The summed E-state index contributed by atoms with van der Waals surface area (Å²) in [7, 11) is 1.75. The van der Waals surface area contributed by atoms with Crippen molar-refractivity contribution < 1.29 is 9.84 Å². The Morgan fingerprint density at radius 3 is 2.14 bits per heavy atom. The van der Waals surface area contributed by atoms with Crippen LogP contribution < -0.4 is 0 Å². The van der Waals surface area contributed by atoms with Crippen molar-refractivity contribution in [1.29, 1.82) is 0 Å². The van der Waals surface area contributed by atoms with E-state index >= 15 is 0 Å². The summed E-state index contributed by atoms with van der Waals surface area (Å²) in [5.74, 6) is 1.16. The molecule has 0 aromatic carbocycles. The summed E-state index contributed by atoms with van der Waals surface area (Å²) < 4.78 is 5.50. The Morgan fingerprint density at radius 2 is 1.64 bits per heavy atom. The average molecular weight is 198 g/mol. The number of hydrogen-bond donors (Lipinski definition) is 1. The summed E-state index contributed by atoms with van der Waals surface area (Å²) in [4.78, 5) is 0. The van der Waals surface area contributed by atoms with Gasteiger partial charge in [0.05, 0.1) is 12.2 Å². The normalized spacial score (nSPS) is 28.7. The van der Waals surface area contributed by atoms with Crippen LogP contribution in [0.15, 0.2) is 0 Å². The molecule has 2 atom stereocenters. The van der Waals surface area contributed by atoms with Crippen LogP contribution in [0.4, 0.5) is 0 Å². The average Bonchev–Trinajstić information content (AvgIpc) is 3.03. The van der Waals surface area contributed by atoms with E-state index < -0.39 is 0 Å². The smallest absolute Gasteiger partial charge is 0.0860 e. The van der Waals surface area contributed by atoms with Crippen LogP contribution in [0.5, 0.6) is 0 Å². The van der Waals surface area contributed by atoms with Crippen molar-refractivity contribution in [2.45, 2.75) is 57.2 Å². The Hall–Kier alpha value is -0.0800.